The number of hydrogen-bond acceptors (Lipinski definition) is 2. The second kappa shape index (κ2) is 18.7. The molecule has 5 heterocycles. The molecule has 0 saturated heterocycles. The first-order chi connectivity index (χ1) is 32.2. The summed E-state index contributed by atoms with van der Waals surface area (Å²) in [6, 6.07) is 43.6. The fourth-order valence-corrected chi connectivity index (χ4v) is 8.83. The Morgan fingerprint density at radius 2 is 0.652 bits per heavy atom. The summed E-state index contributed by atoms with van der Waals surface area (Å²) >= 11 is 0. The Balaban J connectivity index is 0.00000642. The number of fused-ring (bicyclic) bond motifs is 8. The van der Waals surface area contributed by atoms with E-state index in [1.54, 1.807) is 0 Å². The van der Waals surface area contributed by atoms with Gasteiger partial charge in [-0.25, -0.2) is 9.97 Å². The minimum Gasteiger partial charge on any atom is -0.657 e. The average Bonchev–Trinajstić information content (AvgIpc) is 4.14. The first-order valence-corrected chi connectivity index (χ1v) is 24.0. The van der Waals surface area contributed by atoms with Gasteiger partial charge < -0.3 is 9.97 Å². The number of benzene rings is 4. The third-order valence-electron chi connectivity index (χ3n) is 13.1. The molecule has 2 aliphatic heterocycles. The summed E-state index contributed by atoms with van der Waals surface area (Å²) < 4.78 is 0. The van der Waals surface area contributed by atoms with Crippen LogP contribution in [0, 0.1) is 0 Å². The second-order valence-corrected chi connectivity index (χ2v) is 22.5. The van der Waals surface area contributed by atoms with Crippen LogP contribution in [0.2, 0.25) is 0 Å². The van der Waals surface area contributed by atoms with Crippen molar-refractivity contribution in [3.05, 3.63) is 189 Å². The van der Waals surface area contributed by atoms with Crippen LogP contribution in [0.25, 0.3) is 92.9 Å². The van der Waals surface area contributed by atoms with Crippen molar-refractivity contribution in [2.45, 2.75) is 105 Å². The Bertz CT molecular complexity index is 3060. The molecule has 69 heavy (non-hydrogen) atoms. The second-order valence-electron chi connectivity index (χ2n) is 22.5. The van der Waals surface area contributed by atoms with Gasteiger partial charge in [0.15, 0.2) is 0 Å². The maximum atomic E-state index is 5.56. The Kier molecular flexibility index (Phi) is 13.3. The Labute approximate surface area is 420 Å². The van der Waals surface area contributed by atoms with Gasteiger partial charge in [0.2, 0.25) is 0 Å². The van der Waals surface area contributed by atoms with Crippen molar-refractivity contribution in [2.24, 2.45) is 0 Å². The minimum absolute atomic E-state index is 0. The van der Waals surface area contributed by atoms with E-state index in [4.69, 9.17) is 19.9 Å². The van der Waals surface area contributed by atoms with Gasteiger partial charge in [0.05, 0.1) is 22.8 Å². The molecule has 0 N–H and O–H groups in total. The van der Waals surface area contributed by atoms with Crippen molar-refractivity contribution in [3.63, 3.8) is 0 Å². The zero-order chi connectivity index (χ0) is 48.2. The molecule has 350 valence electrons. The Hall–Kier alpha value is -6.55. The molecule has 0 amide bonds. The van der Waals surface area contributed by atoms with Crippen molar-refractivity contribution < 1.29 is 16.5 Å². The monoisotopic (exact) mass is 946 g/mol. The molecule has 8 bridgehead atoms. The van der Waals surface area contributed by atoms with Crippen LogP contribution in [0.3, 0.4) is 0 Å². The molecular weight excluding hydrogens is 883 g/mol. The summed E-state index contributed by atoms with van der Waals surface area (Å²) in [6.45, 7) is 27.5. The van der Waals surface area contributed by atoms with Crippen LogP contribution in [0.5, 0.6) is 0 Å². The van der Waals surface area contributed by atoms with E-state index in [0.29, 0.717) is 0 Å². The molecule has 0 spiro atoms. The molecule has 0 fully saturated rings. The zero-order valence-electron chi connectivity index (χ0n) is 42.3. The normalized spacial score (nSPS) is 13.2. The van der Waals surface area contributed by atoms with E-state index >= 15 is 0 Å². The molecule has 0 aliphatic carbocycles. The molecule has 0 saturated carbocycles. The average molecular weight is 948 g/mol. The third-order valence-corrected chi connectivity index (χ3v) is 13.1. The first-order valence-electron chi connectivity index (χ1n) is 24.0. The summed E-state index contributed by atoms with van der Waals surface area (Å²) in [7, 11) is 0. The quantitative estimate of drug-likeness (QED) is 0.156. The van der Waals surface area contributed by atoms with E-state index < -0.39 is 0 Å². The molecule has 9 rings (SSSR count). The van der Waals surface area contributed by atoms with Crippen molar-refractivity contribution >= 4 is 70.7 Å². The van der Waals surface area contributed by atoms with Crippen molar-refractivity contribution in [1.29, 1.82) is 0 Å². The molecule has 2 aliphatic rings. The summed E-state index contributed by atoms with van der Waals surface area (Å²) in [5.41, 5.74) is 19.8. The summed E-state index contributed by atoms with van der Waals surface area (Å²) in [6.07, 6.45) is 17.3. The molecule has 0 unspecified atom stereocenters. The molecule has 4 aromatic carbocycles. The van der Waals surface area contributed by atoms with Crippen LogP contribution < -0.4 is 9.97 Å². The van der Waals surface area contributed by atoms with Crippen LogP contribution in [-0.4, -0.2) is 9.97 Å². The van der Waals surface area contributed by atoms with Gasteiger partial charge in [-0.2, -0.15) is 0 Å². The fraction of sp³-hybridized carbons (Fsp3) is 0.250. The van der Waals surface area contributed by atoms with Gasteiger partial charge in [0.1, 0.15) is 0 Å². The number of hydrogen-bond donors (Lipinski definition) is 0. The van der Waals surface area contributed by atoms with Crippen LogP contribution >= 0.6 is 0 Å². The van der Waals surface area contributed by atoms with Gasteiger partial charge in [-0.1, -0.05) is 229 Å². The van der Waals surface area contributed by atoms with Gasteiger partial charge in [0, 0.05) is 0 Å². The predicted molar refractivity (Wildman–Crippen MR) is 293 cm³/mol. The van der Waals surface area contributed by atoms with Gasteiger partial charge >= 0.3 is 16.5 Å². The Morgan fingerprint density at radius 3 is 0.971 bits per heavy atom. The van der Waals surface area contributed by atoms with E-state index in [1.807, 2.05) is 12.1 Å². The van der Waals surface area contributed by atoms with Crippen LogP contribution in [0.15, 0.2) is 121 Å². The number of nitrogens with zero attached hydrogens (tertiary/aromatic N) is 4. The van der Waals surface area contributed by atoms with Crippen LogP contribution in [-0.2, 0) is 38.2 Å². The van der Waals surface area contributed by atoms with E-state index in [-0.39, 0.29) is 38.2 Å². The molecule has 0 atom stereocenters. The first kappa shape index (κ1) is 48.9. The third kappa shape index (κ3) is 10.6. The molecular formula is C64H64N4Ni. The van der Waals surface area contributed by atoms with Gasteiger partial charge in [0.25, 0.3) is 0 Å². The zero-order valence-corrected chi connectivity index (χ0v) is 43.3. The van der Waals surface area contributed by atoms with E-state index in [0.717, 1.165) is 89.4 Å². The Morgan fingerprint density at radius 1 is 0.348 bits per heavy atom. The predicted octanol–water partition coefficient (Wildman–Crippen LogP) is 16.8. The topological polar surface area (TPSA) is 54.0 Å². The SMILES string of the molecule is CC(C)(C)c1cc(-c2c3nc(c(/C=C/c4ccccc4)c4ccc([n-]4)c(-c4cc(C(C)(C)C)cc(C(C)(C)C)c4)c4nc(c(/C=C/c5ccccc5)c5ccc2[n-]5)C=C4)C=C3)cc(C(C)(C)C)c1.[Ni+2]. The summed E-state index contributed by atoms with van der Waals surface area (Å²) in [5, 5.41) is 0. The van der Waals surface area contributed by atoms with Crippen molar-refractivity contribution in [2.75, 3.05) is 0 Å². The van der Waals surface area contributed by atoms with Crippen LogP contribution in [0.4, 0.5) is 0 Å². The summed E-state index contributed by atoms with van der Waals surface area (Å²) in [4.78, 5) is 22.2. The molecule has 7 aromatic rings. The fourth-order valence-electron chi connectivity index (χ4n) is 8.83. The molecule has 4 nitrogen and oxygen atoms in total. The molecule has 3 aromatic heterocycles. The maximum Gasteiger partial charge on any atom is 2.00 e. The maximum absolute atomic E-state index is 5.56. The van der Waals surface area contributed by atoms with E-state index in [9.17, 15) is 0 Å². The van der Waals surface area contributed by atoms with Crippen LogP contribution in [0.1, 0.15) is 150 Å². The van der Waals surface area contributed by atoms with Gasteiger partial charge in [-0.05, 0) is 113 Å². The van der Waals surface area contributed by atoms with Crippen molar-refractivity contribution in [3.8, 4) is 22.3 Å². The summed E-state index contributed by atoms with van der Waals surface area (Å²) in [5.74, 6) is 0. The molecule has 5 heteroatoms. The van der Waals surface area contributed by atoms with Crippen molar-refractivity contribution in [1.82, 2.24) is 19.9 Å². The minimum atomic E-state index is -0.0863. The van der Waals surface area contributed by atoms with E-state index in [2.05, 4.69) is 241 Å². The smallest absolute Gasteiger partial charge is 0.657 e. The largest absolute Gasteiger partial charge is 2.00 e. The number of rotatable bonds is 6. The molecule has 0 radical (unpaired) electrons. The van der Waals surface area contributed by atoms with E-state index in [1.165, 1.54) is 22.3 Å². The number of aromatic nitrogens is 4. The standard InChI is InChI=1S/C64H64N4.Ni/c1-61(2,3)45-35-43(36-46(39-45)62(4,5)6)59-55-31-27-51(65-55)49(25-23-41-19-15-13-16-20-41)53-29-33-57(67-53)60(44-37-47(63(7,8)9)40-48(38-44)64(10,11)12)58-34-30-54(68-58)50(52-28-32-56(59)66-52)26-24-42-21-17-14-18-22-42;/h13-40H,1-12H3;/q-2;+2/b25-23+,26-24+,51-49?,52-50?,53-49?,54-50?,59-55?,59-56?,60-57?,60-58?;. The van der Waals surface area contributed by atoms with Gasteiger partial charge in [-0.15, -0.1) is 22.1 Å². The van der Waals surface area contributed by atoms with Gasteiger partial charge in [-0.3, -0.25) is 0 Å².